The molecule has 7 heteroatoms. The first kappa shape index (κ1) is 31.8. The molecule has 2 aromatic carbocycles. The Bertz CT molecular complexity index is 1180. The third kappa shape index (κ3) is 10.3. The molecule has 2 rings (SSSR count). The highest BCUT2D eigenvalue weighted by molar-refractivity contribution is 6.07. The van der Waals surface area contributed by atoms with Crippen LogP contribution in [0.4, 0.5) is 0 Å². The van der Waals surface area contributed by atoms with Crippen LogP contribution in [0.25, 0.3) is 6.08 Å². The van der Waals surface area contributed by atoms with Gasteiger partial charge < -0.3 is 19.2 Å². The highest BCUT2D eigenvalue weighted by Gasteiger charge is 2.27. The van der Waals surface area contributed by atoms with Gasteiger partial charge in [-0.1, -0.05) is 13.3 Å². The number of aryl methyl sites for hydroxylation is 1. The number of benzene rings is 2. The molecule has 212 valence electrons. The summed E-state index contributed by atoms with van der Waals surface area (Å²) in [7, 11) is 0. The van der Waals surface area contributed by atoms with Gasteiger partial charge in [0.2, 0.25) is 0 Å². The van der Waals surface area contributed by atoms with E-state index in [9.17, 15) is 14.4 Å². The molecule has 0 fully saturated rings. The Kier molecular flexibility index (Phi) is 10.6. The van der Waals surface area contributed by atoms with Crippen molar-refractivity contribution in [2.24, 2.45) is 5.41 Å². The van der Waals surface area contributed by atoms with Crippen LogP contribution >= 0.6 is 0 Å². The maximum absolute atomic E-state index is 12.9. The number of allylic oxidation sites excluding steroid dienone is 1. The third-order valence-electron chi connectivity index (χ3n) is 5.46. The number of hydrogen-bond donors (Lipinski definition) is 0. The van der Waals surface area contributed by atoms with E-state index in [1.807, 2.05) is 53.7 Å². The van der Waals surface area contributed by atoms with Crippen LogP contribution in [0.1, 0.15) is 90.2 Å². The van der Waals surface area contributed by atoms with Gasteiger partial charge in [-0.05, 0) is 110 Å². The molecule has 0 bridgehead atoms. The number of carbonyl (C=O) groups is 3. The van der Waals surface area contributed by atoms with Crippen molar-refractivity contribution < 1.29 is 33.6 Å². The molecule has 0 spiro atoms. The largest absolute Gasteiger partial charge is 0.488 e. The SMILES string of the molecule is CCCc1cc(C=CC(=O)c2ccc(OOCC(=O)C(C)(C)C=O)cc2)c(OC(C)(C)C)cc1OC(C)(C)C. The Hall–Kier alpha value is -3.45. The van der Waals surface area contributed by atoms with E-state index in [4.69, 9.17) is 19.2 Å². The van der Waals surface area contributed by atoms with Crippen molar-refractivity contribution in [3.05, 3.63) is 59.2 Å². The first-order valence-electron chi connectivity index (χ1n) is 13.2. The van der Waals surface area contributed by atoms with Gasteiger partial charge in [-0.25, -0.2) is 0 Å². The van der Waals surface area contributed by atoms with Gasteiger partial charge in [-0.15, -0.1) is 0 Å². The van der Waals surface area contributed by atoms with E-state index in [1.54, 1.807) is 30.3 Å². The second-order valence-corrected chi connectivity index (χ2v) is 12.0. The van der Waals surface area contributed by atoms with E-state index < -0.39 is 16.8 Å². The average molecular weight is 539 g/mol. The Balaban J connectivity index is 2.22. The second-order valence-electron chi connectivity index (χ2n) is 12.0. The lowest BCUT2D eigenvalue weighted by Crippen LogP contribution is -2.30. The van der Waals surface area contributed by atoms with Crippen molar-refractivity contribution in [1.29, 1.82) is 0 Å². The highest BCUT2D eigenvalue weighted by atomic mass is 17.2. The fourth-order valence-corrected chi connectivity index (χ4v) is 3.40. The molecule has 2 aromatic rings. The maximum Gasteiger partial charge on any atom is 0.185 e. The monoisotopic (exact) mass is 538 g/mol. The Morgan fingerprint density at radius 1 is 0.846 bits per heavy atom. The van der Waals surface area contributed by atoms with E-state index in [-0.39, 0.29) is 18.0 Å². The van der Waals surface area contributed by atoms with Crippen molar-refractivity contribution in [2.45, 2.75) is 86.4 Å². The van der Waals surface area contributed by atoms with Crippen LogP contribution in [0.3, 0.4) is 0 Å². The van der Waals surface area contributed by atoms with Gasteiger partial charge in [-0.2, -0.15) is 4.89 Å². The van der Waals surface area contributed by atoms with Crippen molar-refractivity contribution in [3.8, 4) is 17.2 Å². The van der Waals surface area contributed by atoms with Gasteiger partial charge >= 0.3 is 0 Å². The predicted molar refractivity (Wildman–Crippen MR) is 152 cm³/mol. The molecule has 39 heavy (non-hydrogen) atoms. The lowest BCUT2D eigenvalue weighted by atomic mass is 9.91. The minimum absolute atomic E-state index is 0.195. The molecule has 0 radical (unpaired) electrons. The Morgan fingerprint density at radius 2 is 1.44 bits per heavy atom. The summed E-state index contributed by atoms with van der Waals surface area (Å²) in [5, 5.41) is 0. The molecule has 7 nitrogen and oxygen atoms in total. The van der Waals surface area contributed by atoms with E-state index >= 15 is 0 Å². The molecule has 0 aromatic heterocycles. The summed E-state index contributed by atoms with van der Waals surface area (Å²) in [6.07, 6.45) is 5.62. The highest BCUT2D eigenvalue weighted by Crippen LogP contribution is 2.35. The molecule has 0 unspecified atom stereocenters. The molecule has 0 N–H and O–H groups in total. The quantitative estimate of drug-likeness (QED) is 0.0678. The fraction of sp³-hybridized carbons (Fsp3) is 0.469. The van der Waals surface area contributed by atoms with E-state index in [2.05, 4.69) is 6.92 Å². The van der Waals surface area contributed by atoms with Gasteiger partial charge in [-0.3, -0.25) is 9.59 Å². The Morgan fingerprint density at radius 3 is 1.97 bits per heavy atom. The number of hydrogen-bond acceptors (Lipinski definition) is 7. The summed E-state index contributed by atoms with van der Waals surface area (Å²) < 4.78 is 12.5. The van der Waals surface area contributed by atoms with Crippen LogP contribution < -0.4 is 14.4 Å². The van der Waals surface area contributed by atoms with Crippen molar-refractivity contribution in [2.75, 3.05) is 6.61 Å². The molecule has 0 aliphatic heterocycles. The van der Waals surface area contributed by atoms with Gasteiger partial charge in [0.1, 0.15) is 29.0 Å². The number of rotatable bonds is 13. The summed E-state index contributed by atoms with van der Waals surface area (Å²) in [6, 6.07) is 10.3. The molecular weight excluding hydrogens is 496 g/mol. The van der Waals surface area contributed by atoms with Crippen LogP contribution in [0, 0.1) is 5.41 Å². The fourth-order valence-electron chi connectivity index (χ4n) is 3.40. The summed E-state index contributed by atoms with van der Waals surface area (Å²) in [6.45, 7) is 16.7. The standard InChI is InChI=1S/C32H42O7/c1-10-11-23-18-24(28(38-31(5,6)7)19-27(23)37-30(2,3)4)14-17-26(34)22-12-15-25(16-13-22)39-36-20-29(35)32(8,9)21-33/h12-19,21H,10-11,20H2,1-9H3. The van der Waals surface area contributed by atoms with Crippen molar-refractivity contribution in [3.63, 3.8) is 0 Å². The minimum atomic E-state index is -1.14. The summed E-state index contributed by atoms with van der Waals surface area (Å²) in [5.74, 6) is 1.15. The van der Waals surface area contributed by atoms with Crippen molar-refractivity contribution in [1.82, 2.24) is 0 Å². The molecule has 0 aliphatic carbocycles. The van der Waals surface area contributed by atoms with Gasteiger partial charge in [0, 0.05) is 17.2 Å². The molecular formula is C32H42O7. The van der Waals surface area contributed by atoms with Crippen LogP contribution in [0.2, 0.25) is 0 Å². The average Bonchev–Trinajstić information content (AvgIpc) is 2.83. The van der Waals surface area contributed by atoms with Crippen LogP contribution in [0.5, 0.6) is 17.2 Å². The number of ether oxygens (including phenoxy) is 2. The van der Waals surface area contributed by atoms with Gasteiger partial charge in [0.25, 0.3) is 0 Å². The molecule has 0 saturated carbocycles. The molecule has 0 aliphatic rings. The van der Waals surface area contributed by atoms with Crippen LogP contribution in [-0.2, 0) is 20.9 Å². The zero-order valence-electron chi connectivity index (χ0n) is 24.7. The molecule has 0 atom stereocenters. The first-order chi connectivity index (χ1) is 18.0. The van der Waals surface area contributed by atoms with E-state index in [0.717, 1.165) is 29.7 Å². The maximum atomic E-state index is 12.9. The summed E-state index contributed by atoms with van der Waals surface area (Å²) in [5.41, 5.74) is 0.356. The number of Topliss-reactive ketones (excluding diaryl/α,β-unsaturated/α-hetero) is 1. The first-order valence-corrected chi connectivity index (χ1v) is 13.2. The Labute approximate surface area is 232 Å². The third-order valence-corrected chi connectivity index (χ3v) is 5.46. The zero-order chi connectivity index (χ0) is 29.4. The van der Waals surface area contributed by atoms with Crippen molar-refractivity contribution >= 4 is 23.9 Å². The van der Waals surface area contributed by atoms with E-state index in [0.29, 0.717) is 23.3 Å². The summed E-state index contributed by atoms with van der Waals surface area (Å²) in [4.78, 5) is 46.0. The second kappa shape index (κ2) is 13.1. The predicted octanol–water partition coefficient (Wildman–Crippen LogP) is 6.99. The van der Waals surface area contributed by atoms with Crippen LogP contribution in [0.15, 0.2) is 42.5 Å². The van der Waals surface area contributed by atoms with Gasteiger partial charge in [0.15, 0.2) is 23.9 Å². The van der Waals surface area contributed by atoms with Crippen LogP contribution in [-0.4, -0.2) is 35.7 Å². The lowest BCUT2D eigenvalue weighted by Gasteiger charge is -2.27. The van der Waals surface area contributed by atoms with E-state index in [1.165, 1.54) is 19.9 Å². The number of carbonyl (C=O) groups excluding carboxylic acids is 3. The molecule has 0 saturated heterocycles. The summed E-state index contributed by atoms with van der Waals surface area (Å²) >= 11 is 0. The minimum Gasteiger partial charge on any atom is -0.488 e. The normalized spacial score (nSPS) is 12.3. The number of aldehydes is 1. The molecule has 0 heterocycles. The topological polar surface area (TPSA) is 88.1 Å². The van der Waals surface area contributed by atoms with Gasteiger partial charge in [0.05, 0.1) is 5.41 Å². The molecule has 0 amide bonds. The number of ketones is 2. The zero-order valence-corrected chi connectivity index (χ0v) is 24.7. The lowest BCUT2D eigenvalue weighted by molar-refractivity contribution is -0.208. The smallest absolute Gasteiger partial charge is 0.185 e.